The number of halogens is 2. The van der Waals surface area contributed by atoms with Crippen molar-refractivity contribution in [2.75, 3.05) is 0 Å². The molecule has 0 saturated carbocycles. The van der Waals surface area contributed by atoms with E-state index in [1.165, 1.54) is 11.6 Å². The predicted molar refractivity (Wildman–Crippen MR) is 83.6 cm³/mol. The van der Waals surface area contributed by atoms with Gasteiger partial charge in [0.1, 0.15) is 18.2 Å². The Balaban J connectivity index is 2.04. The van der Waals surface area contributed by atoms with Crippen LogP contribution in [0.2, 0.25) is 0 Å². The molecule has 0 bridgehead atoms. The Morgan fingerprint density at radius 1 is 1.05 bits per heavy atom. The quantitative estimate of drug-likeness (QED) is 0.722. The molecule has 2 aromatic carbocycles. The number of ether oxygens (including phenoxy) is 1. The van der Waals surface area contributed by atoms with E-state index in [-0.39, 0.29) is 17.8 Å². The molecule has 20 heavy (non-hydrogen) atoms. The van der Waals surface area contributed by atoms with E-state index in [1.807, 2.05) is 30.3 Å². The first-order chi connectivity index (χ1) is 9.36. The molecule has 2 rings (SSSR count). The van der Waals surface area contributed by atoms with Crippen LogP contribution in [0, 0.1) is 5.82 Å². The summed E-state index contributed by atoms with van der Waals surface area (Å²) in [4.78, 5) is 0. The molecule has 0 fully saturated rings. The van der Waals surface area contributed by atoms with Crippen LogP contribution >= 0.6 is 15.9 Å². The minimum atomic E-state index is -0.259. The van der Waals surface area contributed by atoms with Gasteiger partial charge in [-0.2, -0.15) is 0 Å². The minimum Gasteiger partial charge on any atom is -0.489 e. The molecule has 0 aliphatic rings. The van der Waals surface area contributed by atoms with Crippen molar-refractivity contribution in [2.45, 2.75) is 32.8 Å². The second-order valence-corrected chi connectivity index (χ2v) is 6.71. The van der Waals surface area contributed by atoms with Crippen molar-refractivity contribution in [1.82, 2.24) is 0 Å². The van der Waals surface area contributed by atoms with Crippen molar-refractivity contribution in [3.63, 3.8) is 0 Å². The zero-order valence-electron chi connectivity index (χ0n) is 11.9. The lowest BCUT2D eigenvalue weighted by atomic mass is 9.87. The van der Waals surface area contributed by atoms with Gasteiger partial charge < -0.3 is 4.74 Å². The summed E-state index contributed by atoms with van der Waals surface area (Å²) in [5.74, 6) is 0.492. The molecule has 0 atom stereocenters. The van der Waals surface area contributed by atoms with Gasteiger partial charge in [-0.05, 0) is 35.2 Å². The molecule has 3 heteroatoms. The van der Waals surface area contributed by atoms with Crippen LogP contribution in [0.5, 0.6) is 5.75 Å². The van der Waals surface area contributed by atoms with Crippen LogP contribution in [0.1, 0.15) is 31.9 Å². The molecule has 0 aromatic heterocycles. The van der Waals surface area contributed by atoms with Crippen LogP contribution in [0.3, 0.4) is 0 Å². The summed E-state index contributed by atoms with van der Waals surface area (Å²) in [5, 5.41) is 0. The fourth-order valence-electron chi connectivity index (χ4n) is 1.85. The standard InChI is InChI=1S/C17H18BrFO/c1-17(2,3)13-5-8-15(9-6-13)20-11-12-4-7-14(18)10-16(12)19/h4-10H,11H2,1-3H3. The van der Waals surface area contributed by atoms with Crippen LogP contribution in [0.25, 0.3) is 0 Å². The molecule has 0 heterocycles. The lowest BCUT2D eigenvalue weighted by Gasteiger charge is -2.19. The van der Waals surface area contributed by atoms with E-state index in [4.69, 9.17) is 4.74 Å². The highest BCUT2D eigenvalue weighted by atomic mass is 79.9. The largest absolute Gasteiger partial charge is 0.489 e. The zero-order chi connectivity index (χ0) is 14.8. The topological polar surface area (TPSA) is 9.23 Å². The van der Waals surface area contributed by atoms with Crippen LogP contribution in [0.15, 0.2) is 46.9 Å². The predicted octanol–water partition coefficient (Wildman–Crippen LogP) is 5.46. The SMILES string of the molecule is CC(C)(C)c1ccc(OCc2ccc(Br)cc2F)cc1. The van der Waals surface area contributed by atoms with Crippen LogP contribution < -0.4 is 4.74 Å². The fourth-order valence-corrected chi connectivity index (χ4v) is 2.18. The highest BCUT2D eigenvalue weighted by Gasteiger charge is 2.13. The van der Waals surface area contributed by atoms with E-state index in [9.17, 15) is 4.39 Å². The molecule has 0 unspecified atom stereocenters. The van der Waals surface area contributed by atoms with Gasteiger partial charge in [-0.3, -0.25) is 0 Å². The van der Waals surface area contributed by atoms with Gasteiger partial charge in [0.15, 0.2) is 0 Å². The third kappa shape index (κ3) is 3.83. The summed E-state index contributed by atoms with van der Waals surface area (Å²) in [5.41, 5.74) is 1.92. The summed E-state index contributed by atoms with van der Waals surface area (Å²) in [6.45, 7) is 6.73. The van der Waals surface area contributed by atoms with E-state index in [1.54, 1.807) is 6.07 Å². The van der Waals surface area contributed by atoms with Gasteiger partial charge in [0.25, 0.3) is 0 Å². The first-order valence-corrected chi connectivity index (χ1v) is 7.33. The number of hydrogen-bond acceptors (Lipinski definition) is 1. The maximum Gasteiger partial charge on any atom is 0.130 e. The Labute approximate surface area is 127 Å². The second kappa shape index (κ2) is 5.96. The molecule has 0 N–H and O–H groups in total. The van der Waals surface area contributed by atoms with Gasteiger partial charge in [-0.15, -0.1) is 0 Å². The summed E-state index contributed by atoms with van der Waals surface area (Å²) >= 11 is 3.24. The van der Waals surface area contributed by atoms with Crippen LogP contribution in [-0.4, -0.2) is 0 Å². The minimum absolute atomic E-state index is 0.121. The average Bonchev–Trinajstić information content (AvgIpc) is 2.37. The Morgan fingerprint density at radius 2 is 1.70 bits per heavy atom. The summed E-state index contributed by atoms with van der Waals surface area (Å²) in [7, 11) is 0. The van der Waals surface area contributed by atoms with Gasteiger partial charge in [0, 0.05) is 10.0 Å². The van der Waals surface area contributed by atoms with E-state index in [2.05, 4.69) is 36.7 Å². The number of hydrogen-bond donors (Lipinski definition) is 0. The highest BCUT2D eigenvalue weighted by molar-refractivity contribution is 9.10. The van der Waals surface area contributed by atoms with Crippen LogP contribution in [0.4, 0.5) is 4.39 Å². The molecule has 0 aliphatic carbocycles. The van der Waals surface area contributed by atoms with Crippen molar-refractivity contribution in [1.29, 1.82) is 0 Å². The highest BCUT2D eigenvalue weighted by Crippen LogP contribution is 2.25. The summed E-state index contributed by atoms with van der Waals surface area (Å²) in [6, 6.07) is 12.9. The Morgan fingerprint density at radius 3 is 2.25 bits per heavy atom. The van der Waals surface area contributed by atoms with E-state index >= 15 is 0 Å². The second-order valence-electron chi connectivity index (χ2n) is 5.80. The third-order valence-corrected chi connectivity index (χ3v) is 3.62. The Bertz CT molecular complexity index is 585. The first kappa shape index (κ1) is 15.0. The molecule has 0 spiro atoms. The van der Waals surface area contributed by atoms with Crippen molar-refractivity contribution in [3.8, 4) is 5.75 Å². The van der Waals surface area contributed by atoms with Gasteiger partial charge >= 0.3 is 0 Å². The lowest BCUT2D eigenvalue weighted by molar-refractivity contribution is 0.299. The maximum absolute atomic E-state index is 13.7. The molecule has 106 valence electrons. The van der Waals surface area contributed by atoms with E-state index in [0.29, 0.717) is 5.56 Å². The summed E-state index contributed by atoms with van der Waals surface area (Å²) in [6.07, 6.45) is 0. The smallest absolute Gasteiger partial charge is 0.130 e. The normalized spacial score (nSPS) is 11.4. The van der Waals surface area contributed by atoms with E-state index in [0.717, 1.165) is 10.2 Å². The molecular formula is C17H18BrFO. The molecule has 2 aromatic rings. The molecule has 0 amide bonds. The molecule has 0 aliphatic heterocycles. The van der Waals surface area contributed by atoms with E-state index < -0.39 is 0 Å². The van der Waals surface area contributed by atoms with Gasteiger partial charge in [0.2, 0.25) is 0 Å². The molecule has 1 nitrogen and oxygen atoms in total. The Hall–Kier alpha value is -1.35. The van der Waals surface area contributed by atoms with Gasteiger partial charge in [-0.1, -0.05) is 54.9 Å². The maximum atomic E-state index is 13.7. The number of benzene rings is 2. The van der Waals surface area contributed by atoms with Crippen molar-refractivity contribution in [2.24, 2.45) is 0 Å². The third-order valence-electron chi connectivity index (χ3n) is 3.13. The van der Waals surface area contributed by atoms with Crippen molar-refractivity contribution in [3.05, 3.63) is 63.9 Å². The summed E-state index contributed by atoms with van der Waals surface area (Å²) < 4.78 is 20.0. The zero-order valence-corrected chi connectivity index (χ0v) is 13.5. The average molecular weight is 337 g/mol. The van der Waals surface area contributed by atoms with Gasteiger partial charge in [-0.25, -0.2) is 4.39 Å². The number of rotatable bonds is 3. The Kier molecular flexibility index (Phi) is 4.48. The van der Waals surface area contributed by atoms with Crippen molar-refractivity contribution < 1.29 is 9.13 Å². The lowest BCUT2D eigenvalue weighted by Crippen LogP contribution is -2.10. The molecular weight excluding hydrogens is 319 g/mol. The fraction of sp³-hybridized carbons (Fsp3) is 0.294. The first-order valence-electron chi connectivity index (χ1n) is 6.53. The van der Waals surface area contributed by atoms with Crippen molar-refractivity contribution >= 4 is 15.9 Å². The molecule has 0 saturated heterocycles. The molecule has 0 radical (unpaired) electrons. The monoisotopic (exact) mass is 336 g/mol. The van der Waals surface area contributed by atoms with Crippen LogP contribution in [-0.2, 0) is 12.0 Å². The van der Waals surface area contributed by atoms with Gasteiger partial charge in [0.05, 0.1) is 0 Å².